The first-order valence-electron chi connectivity index (χ1n) is 23.2. The van der Waals surface area contributed by atoms with Gasteiger partial charge in [0.1, 0.15) is 61.2 Å². The number of nitrogens with two attached hydrogens (primary N) is 4. The average molecular weight is 1230 g/mol. The maximum Gasteiger partial charge on any atom is 0.490 e. The van der Waals surface area contributed by atoms with Gasteiger partial charge in [0.05, 0.1) is 45.6 Å². The Morgan fingerprint density at radius 3 is 1.93 bits per heavy atom. The number of nitrogens with one attached hydrogen (secondary N) is 2. The van der Waals surface area contributed by atoms with Crippen LogP contribution in [0.1, 0.15) is 25.1 Å². The molecule has 3 aliphatic rings. The van der Waals surface area contributed by atoms with Gasteiger partial charge in [-0.15, -0.1) is 0 Å². The van der Waals surface area contributed by atoms with Gasteiger partial charge in [0.2, 0.25) is 30.4 Å². The molecule has 45 heteroatoms. The summed E-state index contributed by atoms with van der Waals surface area (Å²) in [6.45, 7) is -4.06. The van der Waals surface area contributed by atoms with Crippen LogP contribution >= 0.6 is 31.3 Å². The van der Waals surface area contributed by atoms with E-state index in [-0.39, 0.29) is 64.2 Å². The third-order valence-corrected chi connectivity index (χ3v) is 17.8. The molecular formula is C36H51N16O25P4+. The fraction of sp³-hybridized carbons (Fsp3) is 0.556. The Morgan fingerprint density at radius 2 is 1.26 bits per heavy atom. The highest BCUT2D eigenvalue weighted by Crippen LogP contribution is 2.68. The van der Waals surface area contributed by atoms with E-state index in [4.69, 9.17) is 64.7 Å². The number of hydrogen-bond acceptors (Lipinski definition) is 30. The maximum atomic E-state index is 13.7. The van der Waals surface area contributed by atoms with Crippen molar-refractivity contribution in [3.05, 3.63) is 46.0 Å². The number of ether oxygens (including phenoxy) is 5. The van der Waals surface area contributed by atoms with E-state index < -0.39 is 148 Å². The zero-order valence-corrected chi connectivity index (χ0v) is 45.1. The van der Waals surface area contributed by atoms with Crippen LogP contribution in [0.2, 0.25) is 0 Å². The highest BCUT2D eigenvalue weighted by molar-refractivity contribution is 7.66. The average Bonchev–Trinajstić information content (AvgIpc) is 3.95. The van der Waals surface area contributed by atoms with Gasteiger partial charge in [-0.3, -0.25) is 51.6 Å². The van der Waals surface area contributed by atoms with Crippen LogP contribution in [0.25, 0.3) is 33.5 Å². The van der Waals surface area contributed by atoms with Crippen molar-refractivity contribution < 1.29 is 113 Å². The molecule has 5 unspecified atom stereocenters. The molecule has 444 valence electrons. The largest absolute Gasteiger partial charge is 0.490 e. The SMILES string of the molecule is CO[C@@H]1[C@H](OP(=O)(O)OC[C@H]2O[C@@H](n3cnc4c(=O)[nH]c(N)nc43)[C@H](O)[C@@H]2O)[C@@H](COP(=O)(O)OP(=O)(O)OP(=O)(O)OC[C@H]2OC(n3c[n+](C)c4c(=O)[nH]c(N)nc43)[C@H](O)[C@@H]2CCOCC(N)=O)O[C@H]1n1cnc2c(N)ncnc21. The molecule has 0 aromatic carbocycles. The number of phosphoric acid groups is 4. The molecular weight excluding hydrogens is 1180 g/mol. The number of aliphatic hydroxyl groups excluding tert-OH is 3. The highest BCUT2D eigenvalue weighted by Gasteiger charge is 2.54. The van der Waals surface area contributed by atoms with Crippen molar-refractivity contribution in [1.29, 1.82) is 0 Å². The van der Waals surface area contributed by atoms with Crippen LogP contribution in [-0.4, -0.2) is 183 Å². The smallest absolute Gasteiger partial charge is 0.387 e. The molecule has 9 rings (SSSR count). The Morgan fingerprint density at radius 1 is 0.691 bits per heavy atom. The summed E-state index contributed by atoms with van der Waals surface area (Å²) in [5, 5.41) is 33.3. The zero-order chi connectivity index (χ0) is 58.7. The van der Waals surface area contributed by atoms with Crippen molar-refractivity contribution in [2.75, 3.05) is 57.3 Å². The number of fused-ring (bicyclic) bond motifs is 3. The molecule has 81 heavy (non-hydrogen) atoms. The van der Waals surface area contributed by atoms with Crippen molar-refractivity contribution in [3.63, 3.8) is 0 Å². The predicted octanol–water partition coefficient (Wildman–Crippen LogP) is -4.56. The van der Waals surface area contributed by atoms with Crippen LogP contribution in [0.15, 0.2) is 34.9 Å². The van der Waals surface area contributed by atoms with Crippen LogP contribution in [0.3, 0.4) is 0 Å². The lowest BCUT2D eigenvalue weighted by Crippen LogP contribution is -2.38. The topological polar surface area (TPSA) is 594 Å². The Labute approximate surface area is 450 Å². The molecule has 3 fully saturated rings. The van der Waals surface area contributed by atoms with Crippen molar-refractivity contribution in [2.24, 2.45) is 18.7 Å². The normalized spacial score (nSPS) is 29.0. The molecule has 41 nitrogen and oxygen atoms in total. The second kappa shape index (κ2) is 23.2. The van der Waals surface area contributed by atoms with Gasteiger partial charge < -0.3 is 81.5 Å². The Kier molecular flexibility index (Phi) is 17.1. The minimum Gasteiger partial charge on any atom is -0.387 e. The number of aryl methyl sites for hydroxylation is 1. The number of carbonyl (C=O) groups is 1. The van der Waals surface area contributed by atoms with E-state index in [0.717, 1.165) is 30.7 Å². The lowest BCUT2D eigenvalue weighted by atomic mass is 9.95. The van der Waals surface area contributed by atoms with Gasteiger partial charge in [-0.05, 0) is 6.42 Å². The molecule has 17 N–H and O–H groups in total. The summed E-state index contributed by atoms with van der Waals surface area (Å²) in [5.41, 5.74) is 20.7. The maximum absolute atomic E-state index is 13.7. The number of amides is 1. The molecule has 3 aliphatic heterocycles. The molecule has 6 aromatic rings. The lowest BCUT2D eigenvalue weighted by molar-refractivity contribution is -0.646. The third kappa shape index (κ3) is 12.8. The molecule has 0 spiro atoms. The van der Waals surface area contributed by atoms with Crippen molar-refractivity contribution in [3.8, 4) is 0 Å². The number of anilines is 3. The molecule has 3 saturated heterocycles. The first-order chi connectivity index (χ1) is 38.1. The molecule has 6 aromatic heterocycles. The van der Waals surface area contributed by atoms with Gasteiger partial charge >= 0.3 is 36.9 Å². The minimum absolute atomic E-state index is 0.00164. The van der Waals surface area contributed by atoms with Crippen LogP contribution < -0.4 is 38.6 Å². The summed E-state index contributed by atoms with van der Waals surface area (Å²) >= 11 is 0. The van der Waals surface area contributed by atoms with Crippen LogP contribution in [-0.2, 0) is 80.5 Å². The summed E-state index contributed by atoms with van der Waals surface area (Å²) in [4.78, 5) is 108. The molecule has 16 atom stereocenters. The number of nitrogen functional groups attached to an aromatic ring is 3. The molecule has 0 aliphatic carbocycles. The molecule has 0 bridgehead atoms. The number of aromatic nitrogens is 12. The van der Waals surface area contributed by atoms with Gasteiger partial charge in [-0.2, -0.15) is 23.2 Å². The van der Waals surface area contributed by atoms with Crippen LogP contribution in [0.5, 0.6) is 0 Å². The summed E-state index contributed by atoms with van der Waals surface area (Å²) < 4.78 is 116. The number of rotatable bonds is 24. The van der Waals surface area contributed by atoms with Crippen molar-refractivity contribution in [2.45, 2.75) is 73.9 Å². The number of carbonyl (C=O) groups excluding carboxylic acids is 1. The number of phosphoric ester groups is 3. The Hall–Kier alpha value is -5.68. The minimum atomic E-state index is -6.24. The van der Waals surface area contributed by atoms with Gasteiger partial charge in [0, 0.05) is 19.6 Å². The standard InChI is InChI=1S/C36H50N16O25P4/c1-49-12-52(29-20(49)31(58)48-36(40)46-29)32-21(54)13(3-4-68-8-17(37)53)14(72-32)5-70-79(61,62)76-81(65,66)77-80(63,64)71-7-16-24(25(67-2)34(74-16)50-10-43-18-26(38)41-9-42-27(18)50)75-78(59,60)69-6-15-22(55)23(56)33(73-15)51-11-44-19-28(51)45-35(39)47-30(19)57/h9-16,21-25,32-34,54-56H,3-8H2,1-2H3,(H13-,37,38,39,40,41,42,45,46,47,48,53,57,58,59,60,61,62,63,64,65,66)/p+1/t13-,14-,15-,16-,21-,22-,23-,24-,25-,32?,33-,34-/m1/s1. The van der Waals surface area contributed by atoms with Gasteiger partial charge in [0.15, 0.2) is 35.1 Å². The zero-order valence-electron chi connectivity index (χ0n) is 41.5. The van der Waals surface area contributed by atoms with Gasteiger partial charge in [-0.1, -0.05) is 0 Å². The fourth-order valence-electron chi connectivity index (χ4n) is 9.13. The van der Waals surface area contributed by atoms with Crippen molar-refractivity contribution >= 4 is 88.4 Å². The highest BCUT2D eigenvalue weighted by atomic mass is 31.3. The van der Waals surface area contributed by atoms with E-state index in [0.29, 0.717) is 0 Å². The number of primary amides is 1. The van der Waals surface area contributed by atoms with Gasteiger partial charge in [-0.25, -0.2) is 42.8 Å². The summed E-state index contributed by atoms with van der Waals surface area (Å²) in [5.74, 6) is -2.64. The molecule has 1 amide bonds. The number of methoxy groups -OCH3 is 1. The first kappa shape index (κ1) is 59.9. The van der Waals surface area contributed by atoms with E-state index >= 15 is 0 Å². The first-order valence-corrected chi connectivity index (χ1v) is 29.2. The predicted molar refractivity (Wildman–Crippen MR) is 261 cm³/mol. The van der Waals surface area contributed by atoms with Crippen molar-refractivity contribution in [1.82, 2.24) is 53.6 Å². The summed E-state index contributed by atoms with van der Waals surface area (Å²) in [7, 11) is -21.0. The third-order valence-electron chi connectivity index (χ3n) is 12.6. The van der Waals surface area contributed by atoms with E-state index in [1.54, 1.807) is 0 Å². The lowest BCUT2D eigenvalue weighted by Gasteiger charge is -2.26. The van der Waals surface area contributed by atoms with E-state index in [9.17, 15) is 67.5 Å². The quantitative estimate of drug-likeness (QED) is 0.0154. The second-order valence-corrected chi connectivity index (χ2v) is 24.0. The van der Waals surface area contributed by atoms with Gasteiger partial charge in [0.25, 0.3) is 16.7 Å². The van der Waals surface area contributed by atoms with E-state index in [2.05, 4.69) is 48.5 Å². The number of H-pyrrole nitrogens is 2. The second-order valence-electron chi connectivity index (χ2n) is 17.9. The summed E-state index contributed by atoms with van der Waals surface area (Å²) in [6, 6.07) is 0. The summed E-state index contributed by atoms with van der Waals surface area (Å²) in [6.07, 6.45) is -13.5. The molecule has 0 radical (unpaired) electrons. The van der Waals surface area contributed by atoms with E-state index in [1.165, 1.54) is 27.1 Å². The van der Waals surface area contributed by atoms with Crippen LogP contribution in [0.4, 0.5) is 17.7 Å². The Bertz CT molecular complexity index is 3660. The number of hydrogen-bond donors (Lipinski definition) is 13. The number of aliphatic hydroxyl groups is 3. The van der Waals surface area contributed by atoms with E-state index in [1.807, 2.05) is 0 Å². The number of imidazole rings is 3. The fourth-order valence-corrected chi connectivity index (χ4v) is 13.6. The Balaban J connectivity index is 0.873. The van der Waals surface area contributed by atoms with Crippen LogP contribution in [0, 0.1) is 5.92 Å². The number of nitrogens with zero attached hydrogens (tertiary/aromatic N) is 10. The number of aromatic amines is 2. The monoisotopic (exact) mass is 1230 g/mol. The molecule has 9 heterocycles. The molecule has 0 saturated carbocycles.